The molecule has 1 saturated carbocycles. The Balaban J connectivity index is 1.20. The molecule has 1 fully saturated rings. The number of carbonyl (C=O) groups excluding carboxylic acids is 1. The zero-order valence-corrected chi connectivity index (χ0v) is 17.2. The number of hydrogen-bond acceptors (Lipinski definition) is 3. The molecule has 1 N–H and O–H groups in total. The first-order valence-electron chi connectivity index (χ1n) is 10.7. The number of ether oxygens (including phenoxy) is 1. The molecule has 0 heterocycles. The van der Waals surface area contributed by atoms with Crippen LogP contribution in [-0.2, 0) is 6.61 Å². The molecule has 0 radical (unpaired) electrons. The van der Waals surface area contributed by atoms with E-state index in [9.17, 15) is 4.79 Å². The lowest BCUT2D eigenvalue weighted by molar-refractivity contribution is 0.0954. The highest BCUT2D eigenvalue weighted by Gasteiger charge is 2.38. The van der Waals surface area contributed by atoms with Gasteiger partial charge in [-0.2, -0.15) is 5.10 Å². The molecule has 0 saturated heterocycles. The van der Waals surface area contributed by atoms with Crippen LogP contribution in [0, 0.1) is 11.8 Å². The number of hydrogen-bond donors (Lipinski definition) is 1. The van der Waals surface area contributed by atoms with Crippen LogP contribution in [0.25, 0.3) is 11.1 Å². The molecule has 2 aliphatic carbocycles. The first kappa shape index (κ1) is 19.3. The molecule has 0 bridgehead atoms. The Morgan fingerprint density at radius 2 is 1.74 bits per heavy atom. The summed E-state index contributed by atoms with van der Waals surface area (Å²) in [6.07, 6.45) is 6.47. The Labute approximate surface area is 182 Å². The van der Waals surface area contributed by atoms with Gasteiger partial charge in [-0.1, -0.05) is 72.8 Å². The van der Waals surface area contributed by atoms with E-state index in [-0.39, 0.29) is 5.91 Å². The fraction of sp³-hybridized carbons (Fsp3) is 0.185. The molecule has 2 atom stereocenters. The maximum absolute atomic E-state index is 12.4. The first-order chi connectivity index (χ1) is 15.3. The van der Waals surface area contributed by atoms with Crippen LogP contribution < -0.4 is 10.2 Å². The van der Waals surface area contributed by atoms with Crippen molar-refractivity contribution < 1.29 is 9.53 Å². The van der Waals surface area contributed by atoms with Gasteiger partial charge in [-0.3, -0.25) is 4.79 Å². The largest absolute Gasteiger partial charge is 0.488 e. The highest BCUT2D eigenvalue weighted by atomic mass is 16.5. The maximum atomic E-state index is 12.4. The molecule has 0 unspecified atom stereocenters. The van der Waals surface area contributed by atoms with Gasteiger partial charge in [-0.05, 0) is 48.1 Å². The highest BCUT2D eigenvalue weighted by Crippen LogP contribution is 2.40. The van der Waals surface area contributed by atoms with Gasteiger partial charge >= 0.3 is 0 Å². The molecule has 0 aliphatic heterocycles. The van der Waals surface area contributed by atoms with Crippen molar-refractivity contribution in [2.24, 2.45) is 16.9 Å². The Kier molecular flexibility index (Phi) is 5.36. The van der Waals surface area contributed by atoms with Crippen molar-refractivity contribution in [2.45, 2.75) is 19.4 Å². The quantitative estimate of drug-likeness (QED) is 0.425. The summed E-state index contributed by atoms with van der Waals surface area (Å²) in [5.74, 6) is 1.79. The van der Waals surface area contributed by atoms with Crippen LogP contribution in [0.1, 0.15) is 28.8 Å². The SMILES string of the molecule is O=C(N/N=C1/C[C@H]2C=CC[C@@H]12)c1ccc(COc2ccccc2-c2ccccc2)cc1. The molecular formula is C27H24N2O2. The van der Waals surface area contributed by atoms with Gasteiger partial charge < -0.3 is 4.74 Å². The Morgan fingerprint density at radius 1 is 0.968 bits per heavy atom. The average Bonchev–Trinajstić information content (AvgIpc) is 3.19. The van der Waals surface area contributed by atoms with Crippen LogP contribution >= 0.6 is 0 Å². The Morgan fingerprint density at radius 3 is 2.55 bits per heavy atom. The standard InChI is InChI=1S/C27H24N2O2/c30-27(29-28-25-17-22-9-6-11-23(22)25)21-15-13-19(14-16-21)18-31-26-12-5-4-10-24(26)20-7-2-1-3-8-20/h1-10,12-16,22-23H,11,17-18H2,(H,29,30)/b28-25-/t22-,23-/m1/s1. The summed E-state index contributed by atoms with van der Waals surface area (Å²) < 4.78 is 6.09. The highest BCUT2D eigenvalue weighted by molar-refractivity contribution is 5.98. The van der Waals surface area contributed by atoms with Crippen molar-refractivity contribution in [1.82, 2.24) is 5.43 Å². The summed E-state index contributed by atoms with van der Waals surface area (Å²) in [6.45, 7) is 0.435. The maximum Gasteiger partial charge on any atom is 0.271 e. The predicted molar refractivity (Wildman–Crippen MR) is 123 cm³/mol. The van der Waals surface area contributed by atoms with Crippen molar-refractivity contribution in [1.29, 1.82) is 0 Å². The number of nitrogens with zero attached hydrogens (tertiary/aromatic N) is 1. The number of hydrazone groups is 1. The molecule has 0 spiro atoms. The second-order valence-electron chi connectivity index (χ2n) is 8.03. The van der Waals surface area contributed by atoms with E-state index < -0.39 is 0 Å². The first-order valence-corrected chi connectivity index (χ1v) is 10.7. The van der Waals surface area contributed by atoms with Crippen molar-refractivity contribution in [3.05, 3.63) is 102 Å². The van der Waals surface area contributed by atoms with Crippen molar-refractivity contribution in [2.75, 3.05) is 0 Å². The number of rotatable bonds is 6. The summed E-state index contributed by atoms with van der Waals surface area (Å²) in [4.78, 5) is 12.4. The number of fused-ring (bicyclic) bond motifs is 1. The minimum Gasteiger partial charge on any atom is -0.488 e. The average molecular weight is 409 g/mol. The molecule has 154 valence electrons. The molecule has 4 heteroatoms. The molecule has 2 aliphatic rings. The number of amides is 1. The molecule has 3 aromatic rings. The topological polar surface area (TPSA) is 50.7 Å². The van der Waals surface area contributed by atoms with Crippen LogP contribution in [0.3, 0.4) is 0 Å². The minimum absolute atomic E-state index is 0.177. The zero-order valence-electron chi connectivity index (χ0n) is 17.2. The van der Waals surface area contributed by atoms with Gasteiger partial charge in [0.25, 0.3) is 5.91 Å². The number of carbonyl (C=O) groups is 1. The van der Waals surface area contributed by atoms with Crippen LogP contribution in [0.15, 0.2) is 96.1 Å². The fourth-order valence-corrected chi connectivity index (χ4v) is 4.21. The summed E-state index contributed by atoms with van der Waals surface area (Å²) in [5, 5.41) is 4.34. The summed E-state index contributed by atoms with van der Waals surface area (Å²) in [5.41, 5.74) is 7.60. The van der Waals surface area contributed by atoms with Crippen LogP contribution in [0.2, 0.25) is 0 Å². The van der Waals surface area contributed by atoms with Crippen LogP contribution in [-0.4, -0.2) is 11.6 Å². The number of benzene rings is 3. The van der Waals surface area contributed by atoms with Gasteiger partial charge in [0.1, 0.15) is 12.4 Å². The van der Waals surface area contributed by atoms with Gasteiger partial charge in [-0.25, -0.2) is 5.43 Å². The smallest absolute Gasteiger partial charge is 0.271 e. The van der Waals surface area contributed by atoms with Gasteiger partial charge in [0, 0.05) is 22.8 Å². The molecule has 5 rings (SSSR count). The summed E-state index contributed by atoms with van der Waals surface area (Å²) in [6, 6.07) is 25.7. The van der Waals surface area contributed by atoms with Crippen LogP contribution in [0.5, 0.6) is 5.75 Å². The second-order valence-corrected chi connectivity index (χ2v) is 8.03. The van der Waals surface area contributed by atoms with Gasteiger partial charge in [0.05, 0.1) is 0 Å². The van der Waals surface area contributed by atoms with Gasteiger partial charge in [-0.15, -0.1) is 0 Å². The molecule has 0 aromatic heterocycles. The summed E-state index contributed by atoms with van der Waals surface area (Å²) >= 11 is 0. The number of para-hydroxylation sites is 1. The van der Waals surface area contributed by atoms with E-state index in [0.29, 0.717) is 24.0 Å². The van der Waals surface area contributed by atoms with E-state index in [1.807, 2.05) is 60.7 Å². The van der Waals surface area contributed by atoms with E-state index in [1.54, 1.807) is 0 Å². The summed E-state index contributed by atoms with van der Waals surface area (Å²) in [7, 11) is 0. The molecule has 1 amide bonds. The minimum atomic E-state index is -0.177. The molecule has 31 heavy (non-hydrogen) atoms. The molecular weight excluding hydrogens is 384 g/mol. The third-order valence-electron chi connectivity index (χ3n) is 6.05. The predicted octanol–water partition coefficient (Wildman–Crippen LogP) is 5.61. The Bertz CT molecular complexity index is 1130. The van der Waals surface area contributed by atoms with Crippen molar-refractivity contribution in [3.8, 4) is 16.9 Å². The Hall–Kier alpha value is -3.66. The number of nitrogens with one attached hydrogen (secondary N) is 1. The third kappa shape index (κ3) is 4.15. The lowest BCUT2D eigenvalue weighted by Crippen LogP contribution is -2.35. The van der Waals surface area contributed by atoms with Crippen LogP contribution in [0.4, 0.5) is 0 Å². The van der Waals surface area contributed by atoms with E-state index in [0.717, 1.165) is 41.0 Å². The number of allylic oxidation sites excluding steroid dienone is 2. The molecule has 3 aromatic carbocycles. The second kappa shape index (κ2) is 8.60. The fourth-order valence-electron chi connectivity index (χ4n) is 4.21. The van der Waals surface area contributed by atoms with E-state index in [2.05, 4.69) is 40.9 Å². The van der Waals surface area contributed by atoms with Crippen molar-refractivity contribution in [3.63, 3.8) is 0 Å². The third-order valence-corrected chi connectivity index (χ3v) is 6.05. The van der Waals surface area contributed by atoms with E-state index >= 15 is 0 Å². The lowest BCUT2D eigenvalue weighted by atomic mass is 9.74. The normalized spacial score (nSPS) is 20.2. The zero-order chi connectivity index (χ0) is 21.0. The molecule has 4 nitrogen and oxygen atoms in total. The van der Waals surface area contributed by atoms with Gasteiger partial charge in [0.15, 0.2) is 0 Å². The van der Waals surface area contributed by atoms with E-state index in [1.165, 1.54) is 0 Å². The lowest BCUT2D eigenvalue weighted by Gasteiger charge is -2.31. The van der Waals surface area contributed by atoms with E-state index in [4.69, 9.17) is 4.74 Å². The monoisotopic (exact) mass is 408 g/mol. The van der Waals surface area contributed by atoms with Gasteiger partial charge in [0.2, 0.25) is 0 Å². The van der Waals surface area contributed by atoms with Crippen molar-refractivity contribution >= 4 is 11.6 Å².